The van der Waals surface area contributed by atoms with E-state index in [0.717, 1.165) is 19.0 Å². The summed E-state index contributed by atoms with van der Waals surface area (Å²) in [4.78, 5) is 11.7. The SMILES string of the molecule is O=C(NCCCNC1CC1)c1ccc(O)cc1O. The fourth-order valence-electron chi connectivity index (χ4n) is 1.69. The van der Waals surface area contributed by atoms with Gasteiger partial charge < -0.3 is 20.8 Å². The highest BCUT2D eigenvalue weighted by atomic mass is 16.3. The van der Waals surface area contributed by atoms with Gasteiger partial charge in [0.05, 0.1) is 5.56 Å². The minimum Gasteiger partial charge on any atom is -0.508 e. The van der Waals surface area contributed by atoms with Crippen LogP contribution in [0, 0.1) is 0 Å². The van der Waals surface area contributed by atoms with E-state index in [2.05, 4.69) is 10.6 Å². The van der Waals surface area contributed by atoms with Crippen molar-refractivity contribution >= 4 is 5.91 Å². The first-order valence-electron chi connectivity index (χ1n) is 6.20. The van der Waals surface area contributed by atoms with Crippen molar-refractivity contribution in [1.82, 2.24) is 10.6 Å². The maximum Gasteiger partial charge on any atom is 0.255 e. The average molecular weight is 250 g/mol. The first kappa shape index (κ1) is 12.7. The molecule has 0 aliphatic heterocycles. The second-order valence-corrected chi connectivity index (χ2v) is 4.54. The molecule has 5 heteroatoms. The molecule has 1 aliphatic carbocycles. The van der Waals surface area contributed by atoms with Crippen LogP contribution < -0.4 is 10.6 Å². The molecule has 0 heterocycles. The highest BCUT2D eigenvalue weighted by Gasteiger charge is 2.19. The zero-order valence-electron chi connectivity index (χ0n) is 10.1. The molecule has 0 unspecified atom stereocenters. The molecular formula is C13H18N2O3. The summed E-state index contributed by atoms with van der Waals surface area (Å²) in [5, 5.41) is 24.7. The van der Waals surface area contributed by atoms with E-state index in [1.165, 1.54) is 25.0 Å². The Morgan fingerprint density at radius 2 is 2.06 bits per heavy atom. The van der Waals surface area contributed by atoms with Gasteiger partial charge in [-0.1, -0.05) is 0 Å². The third-order valence-corrected chi connectivity index (χ3v) is 2.88. The number of benzene rings is 1. The van der Waals surface area contributed by atoms with Gasteiger partial charge in [-0.25, -0.2) is 0 Å². The minimum absolute atomic E-state index is 0.0577. The van der Waals surface area contributed by atoms with Crippen LogP contribution in [0.15, 0.2) is 18.2 Å². The normalized spacial score (nSPS) is 14.4. The van der Waals surface area contributed by atoms with Crippen molar-refractivity contribution in [3.63, 3.8) is 0 Å². The fourth-order valence-corrected chi connectivity index (χ4v) is 1.69. The lowest BCUT2D eigenvalue weighted by Crippen LogP contribution is -2.27. The smallest absolute Gasteiger partial charge is 0.255 e. The molecular weight excluding hydrogens is 232 g/mol. The number of phenols is 2. The predicted octanol–water partition coefficient (Wildman–Crippen LogP) is 0.970. The lowest BCUT2D eigenvalue weighted by atomic mass is 10.2. The number of hydrogen-bond acceptors (Lipinski definition) is 4. The number of carbonyl (C=O) groups excluding carboxylic acids is 1. The molecule has 0 aromatic heterocycles. The first-order chi connectivity index (χ1) is 8.66. The van der Waals surface area contributed by atoms with E-state index >= 15 is 0 Å². The summed E-state index contributed by atoms with van der Waals surface area (Å²) < 4.78 is 0. The largest absolute Gasteiger partial charge is 0.508 e. The molecule has 0 radical (unpaired) electrons. The monoisotopic (exact) mass is 250 g/mol. The van der Waals surface area contributed by atoms with Crippen LogP contribution in [-0.4, -0.2) is 35.3 Å². The van der Waals surface area contributed by atoms with Crippen LogP contribution >= 0.6 is 0 Å². The Balaban J connectivity index is 1.72. The molecule has 1 aromatic rings. The van der Waals surface area contributed by atoms with Gasteiger partial charge in [0.1, 0.15) is 11.5 Å². The second-order valence-electron chi connectivity index (χ2n) is 4.54. The van der Waals surface area contributed by atoms with Gasteiger partial charge in [-0.05, 0) is 37.9 Å². The number of amides is 1. The molecule has 1 fully saturated rings. The van der Waals surface area contributed by atoms with Crippen LogP contribution in [0.25, 0.3) is 0 Å². The molecule has 0 saturated heterocycles. The molecule has 1 amide bonds. The standard InChI is InChI=1S/C13H18N2O3/c16-10-4-5-11(12(17)8-10)13(18)15-7-1-6-14-9-2-3-9/h4-5,8-9,14,16-17H,1-3,6-7H2,(H,15,18). The summed E-state index contributed by atoms with van der Waals surface area (Å²) in [6, 6.07) is 4.62. The number of rotatable bonds is 6. The van der Waals surface area contributed by atoms with Crippen LogP contribution in [0.5, 0.6) is 11.5 Å². The van der Waals surface area contributed by atoms with E-state index in [1.54, 1.807) is 0 Å². The zero-order valence-corrected chi connectivity index (χ0v) is 10.1. The van der Waals surface area contributed by atoms with Gasteiger partial charge in [-0.2, -0.15) is 0 Å². The zero-order chi connectivity index (χ0) is 13.0. The lowest BCUT2D eigenvalue weighted by molar-refractivity contribution is 0.0950. The molecule has 98 valence electrons. The molecule has 2 rings (SSSR count). The van der Waals surface area contributed by atoms with Crippen molar-refractivity contribution in [2.24, 2.45) is 0 Å². The molecule has 5 nitrogen and oxygen atoms in total. The van der Waals surface area contributed by atoms with Crippen LogP contribution in [0.2, 0.25) is 0 Å². The molecule has 0 atom stereocenters. The number of hydrogen-bond donors (Lipinski definition) is 4. The van der Waals surface area contributed by atoms with Gasteiger partial charge in [-0.15, -0.1) is 0 Å². The Bertz CT molecular complexity index is 430. The second kappa shape index (κ2) is 5.73. The van der Waals surface area contributed by atoms with Crippen LogP contribution in [-0.2, 0) is 0 Å². The molecule has 4 N–H and O–H groups in total. The highest BCUT2D eigenvalue weighted by molar-refractivity contribution is 5.96. The number of aromatic hydroxyl groups is 2. The molecule has 1 aromatic carbocycles. The van der Waals surface area contributed by atoms with E-state index in [0.29, 0.717) is 12.6 Å². The van der Waals surface area contributed by atoms with E-state index in [4.69, 9.17) is 5.11 Å². The van der Waals surface area contributed by atoms with Gasteiger partial charge >= 0.3 is 0 Å². The quantitative estimate of drug-likeness (QED) is 0.567. The molecule has 0 bridgehead atoms. The van der Waals surface area contributed by atoms with E-state index < -0.39 is 0 Å². The maximum absolute atomic E-state index is 11.7. The van der Waals surface area contributed by atoms with E-state index in [1.807, 2.05) is 0 Å². The van der Waals surface area contributed by atoms with Crippen molar-refractivity contribution in [2.45, 2.75) is 25.3 Å². The molecule has 18 heavy (non-hydrogen) atoms. The summed E-state index contributed by atoms with van der Waals surface area (Å²) in [6.45, 7) is 1.46. The minimum atomic E-state index is -0.320. The molecule has 1 aliphatic rings. The highest BCUT2D eigenvalue weighted by Crippen LogP contribution is 2.22. The van der Waals surface area contributed by atoms with Crippen LogP contribution in [0.1, 0.15) is 29.6 Å². The van der Waals surface area contributed by atoms with Crippen molar-refractivity contribution < 1.29 is 15.0 Å². The van der Waals surface area contributed by atoms with E-state index in [9.17, 15) is 9.90 Å². The van der Waals surface area contributed by atoms with Crippen molar-refractivity contribution in [2.75, 3.05) is 13.1 Å². The summed E-state index contributed by atoms with van der Waals surface area (Å²) >= 11 is 0. The first-order valence-corrected chi connectivity index (χ1v) is 6.20. The van der Waals surface area contributed by atoms with Gasteiger partial charge in [0.2, 0.25) is 0 Å². The van der Waals surface area contributed by atoms with Gasteiger partial charge in [0, 0.05) is 18.7 Å². The molecule has 1 saturated carbocycles. The summed E-state index contributed by atoms with van der Waals surface area (Å²) in [6.07, 6.45) is 3.38. The average Bonchev–Trinajstić information content (AvgIpc) is 3.12. The van der Waals surface area contributed by atoms with Gasteiger partial charge in [-0.3, -0.25) is 4.79 Å². The topological polar surface area (TPSA) is 81.6 Å². The Kier molecular flexibility index (Phi) is 4.04. The Labute approximate surface area is 106 Å². The van der Waals surface area contributed by atoms with Crippen molar-refractivity contribution in [3.05, 3.63) is 23.8 Å². The fraction of sp³-hybridized carbons (Fsp3) is 0.462. The predicted molar refractivity (Wildman–Crippen MR) is 67.7 cm³/mol. The van der Waals surface area contributed by atoms with E-state index in [-0.39, 0.29) is 23.0 Å². The number of carbonyl (C=O) groups is 1. The summed E-state index contributed by atoms with van der Waals surface area (Å²) in [7, 11) is 0. The Morgan fingerprint density at radius 1 is 1.28 bits per heavy atom. The van der Waals surface area contributed by atoms with Gasteiger partial charge in [0.25, 0.3) is 5.91 Å². The third-order valence-electron chi connectivity index (χ3n) is 2.88. The van der Waals surface area contributed by atoms with Gasteiger partial charge in [0.15, 0.2) is 0 Å². The number of phenolic OH excluding ortho intramolecular Hbond substituents is 2. The third kappa shape index (κ3) is 3.63. The Hall–Kier alpha value is -1.75. The summed E-state index contributed by atoms with van der Waals surface area (Å²) in [5.74, 6) is -0.583. The maximum atomic E-state index is 11.7. The Morgan fingerprint density at radius 3 is 2.72 bits per heavy atom. The van der Waals surface area contributed by atoms with Crippen molar-refractivity contribution in [1.29, 1.82) is 0 Å². The van der Waals surface area contributed by atoms with Crippen LogP contribution in [0.3, 0.4) is 0 Å². The van der Waals surface area contributed by atoms with Crippen molar-refractivity contribution in [3.8, 4) is 11.5 Å². The van der Waals surface area contributed by atoms with Crippen LogP contribution in [0.4, 0.5) is 0 Å². The lowest BCUT2D eigenvalue weighted by Gasteiger charge is -2.07. The summed E-state index contributed by atoms with van der Waals surface area (Å²) in [5.41, 5.74) is 0.183. The number of nitrogens with one attached hydrogen (secondary N) is 2. The molecule has 0 spiro atoms.